The number of hydrogen-bond acceptors (Lipinski definition) is 4. The lowest BCUT2D eigenvalue weighted by Gasteiger charge is -2.40. The summed E-state index contributed by atoms with van der Waals surface area (Å²) in [6.45, 7) is 4.48. The van der Waals surface area contributed by atoms with Gasteiger partial charge in [0.1, 0.15) is 6.10 Å². The first-order chi connectivity index (χ1) is 6.56. The molecule has 0 aromatic heterocycles. The van der Waals surface area contributed by atoms with E-state index in [0.29, 0.717) is 6.61 Å². The summed E-state index contributed by atoms with van der Waals surface area (Å²) in [6.07, 6.45) is -0.0442. The van der Waals surface area contributed by atoms with Gasteiger partial charge in [0.2, 0.25) is 0 Å². The van der Waals surface area contributed by atoms with Gasteiger partial charge in [-0.1, -0.05) is 0 Å². The van der Waals surface area contributed by atoms with Crippen molar-refractivity contribution in [2.45, 2.75) is 44.8 Å². The minimum absolute atomic E-state index is 0.121. The third-order valence-corrected chi connectivity index (χ3v) is 2.61. The average molecular weight is 203 g/mol. The van der Waals surface area contributed by atoms with Gasteiger partial charge in [-0.2, -0.15) is 0 Å². The van der Waals surface area contributed by atoms with Crippen molar-refractivity contribution in [3.05, 3.63) is 0 Å². The SMILES string of the molecule is CCO[C@@H]1OC(C)CC(N(C)C)C1O. The van der Waals surface area contributed by atoms with Gasteiger partial charge in [-0.15, -0.1) is 0 Å². The summed E-state index contributed by atoms with van der Waals surface area (Å²) in [6, 6.07) is 0.121. The highest BCUT2D eigenvalue weighted by molar-refractivity contribution is 4.85. The summed E-state index contributed by atoms with van der Waals surface area (Å²) >= 11 is 0. The van der Waals surface area contributed by atoms with Gasteiger partial charge in [0, 0.05) is 12.6 Å². The Labute approximate surface area is 85.8 Å². The van der Waals surface area contributed by atoms with E-state index in [-0.39, 0.29) is 12.1 Å². The van der Waals surface area contributed by atoms with Crippen LogP contribution in [0.2, 0.25) is 0 Å². The fraction of sp³-hybridized carbons (Fsp3) is 1.00. The summed E-state index contributed by atoms with van der Waals surface area (Å²) < 4.78 is 10.9. The highest BCUT2D eigenvalue weighted by Crippen LogP contribution is 2.23. The standard InChI is InChI=1S/C10H21NO3/c1-5-13-10-9(12)8(11(3)4)6-7(2)14-10/h7-10,12H,5-6H2,1-4H3/t7?,8?,9?,10-/m1/s1. The summed E-state index contributed by atoms with van der Waals surface area (Å²) in [7, 11) is 3.93. The molecule has 1 aliphatic heterocycles. The maximum atomic E-state index is 9.96. The van der Waals surface area contributed by atoms with Crippen LogP contribution in [0.5, 0.6) is 0 Å². The first-order valence-electron chi connectivity index (χ1n) is 5.17. The van der Waals surface area contributed by atoms with Crippen LogP contribution in [-0.2, 0) is 9.47 Å². The molecule has 4 atom stereocenters. The van der Waals surface area contributed by atoms with Gasteiger partial charge in [-0.25, -0.2) is 0 Å². The molecule has 0 aromatic rings. The van der Waals surface area contributed by atoms with E-state index in [9.17, 15) is 5.11 Å². The Morgan fingerprint density at radius 1 is 1.50 bits per heavy atom. The van der Waals surface area contributed by atoms with Gasteiger partial charge in [0.25, 0.3) is 0 Å². The smallest absolute Gasteiger partial charge is 0.185 e. The summed E-state index contributed by atoms with van der Waals surface area (Å²) in [5.41, 5.74) is 0. The van der Waals surface area contributed by atoms with Gasteiger partial charge in [0.15, 0.2) is 6.29 Å². The molecule has 0 aromatic carbocycles. The normalized spacial score (nSPS) is 39.0. The van der Waals surface area contributed by atoms with E-state index >= 15 is 0 Å². The number of hydrogen-bond donors (Lipinski definition) is 1. The van der Waals surface area contributed by atoms with E-state index in [4.69, 9.17) is 9.47 Å². The number of aliphatic hydroxyl groups excluding tert-OH is 1. The molecule has 1 aliphatic rings. The fourth-order valence-electron chi connectivity index (χ4n) is 1.84. The Bertz CT molecular complexity index is 175. The Balaban J connectivity index is 2.60. The summed E-state index contributed by atoms with van der Waals surface area (Å²) in [5.74, 6) is 0. The molecule has 4 heteroatoms. The zero-order valence-corrected chi connectivity index (χ0v) is 9.43. The van der Waals surface area contributed by atoms with E-state index in [0.717, 1.165) is 6.42 Å². The van der Waals surface area contributed by atoms with Crippen molar-refractivity contribution in [2.24, 2.45) is 0 Å². The van der Waals surface area contributed by atoms with Gasteiger partial charge in [-0.05, 0) is 34.4 Å². The van der Waals surface area contributed by atoms with Gasteiger partial charge >= 0.3 is 0 Å². The number of ether oxygens (including phenoxy) is 2. The van der Waals surface area contributed by atoms with Crippen LogP contribution in [0.25, 0.3) is 0 Å². The Morgan fingerprint density at radius 2 is 2.14 bits per heavy atom. The number of rotatable bonds is 3. The van der Waals surface area contributed by atoms with Crippen LogP contribution in [0, 0.1) is 0 Å². The molecule has 4 nitrogen and oxygen atoms in total. The van der Waals surface area contributed by atoms with Crippen LogP contribution in [0.15, 0.2) is 0 Å². The molecule has 0 spiro atoms. The first kappa shape index (κ1) is 11.9. The van der Waals surface area contributed by atoms with E-state index in [1.54, 1.807) is 0 Å². The lowest BCUT2D eigenvalue weighted by molar-refractivity contribution is -0.250. The second-order valence-electron chi connectivity index (χ2n) is 4.03. The lowest BCUT2D eigenvalue weighted by atomic mass is 9.99. The molecule has 1 N–H and O–H groups in total. The van der Waals surface area contributed by atoms with Gasteiger partial charge in [0.05, 0.1) is 6.10 Å². The number of likely N-dealkylation sites (N-methyl/N-ethyl adjacent to an activating group) is 1. The largest absolute Gasteiger partial charge is 0.386 e. The van der Waals surface area contributed by atoms with E-state index in [2.05, 4.69) is 0 Å². The third kappa shape index (κ3) is 2.67. The van der Waals surface area contributed by atoms with Gasteiger partial charge < -0.3 is 19.5 Å². The maximum Gasteiger partial charge on any atom is 0.185 e. The van der Waals surface area contributed by atoms with Crippen LogP contribution in [0.4, 0.5) is 0 Å². The molecule has 0 bridgehead atoms. The molecule has 1 fully saturated rings. The van der Waals surface area contributed by atoms with E-state index in [1.807, 2.05) is 32.8 Å². The minimum Gasteiger partial charge on any atom is -0.386 e. The topological polar surface area (TPSA) is 41.9 Å². The molecule has 1 saturated heterocycles. The molecular formula is C10H21NO3. The van der Waals surface area contributed by atoms with Crippen molar-refractivity contribution < 1.29 is 14.6 Å². The van der Waals surface area contributed by atoms with Crippen molar-refractivity contribution >= 4 is 0 Å². The molecule has 0 aliphatic carbocycles. The van der Waals surface area contributed by atoms with Crippen molar-refractivity contribution in [1.29, 1.82) is 0 Å². The predicted molar refractivity (Wildman–Crippen MR) is 54.1 cm³/mol. The van der Waals surface area contributed by atoms with Crippen molar-refractivity contribution in [2.75, 3.05) is 20.7 Å². The molecule has 1 rings (SSSR count). The van der Waals surface area contributed by atoms with E-state index in [1.165, 1.54) is 0 Å². The lowest BCUT2D eigenvalue weighted by Crippen LogP contribution is -2.54. The van der Waals surface area contributed by atoms with Crippen LogP contribution in [-0.4, -0.2) is 55.2 Å². The molecular weight excluding hydrogens is 182 g/mol. The predicted octanol–water partition coefficient (Wildman–Crippen LogP) is 0.449. The van der Waals surface area contributed by atoms with Crippen LogP contribution in [0.1, 0.15) is 20.3 Å². The number of aliphatic hydroxyl groups is 1. The quantitative estimate of drug-likeness (QED) is 0.723. The maximum absolute atomic E-state index is 9.96. The van der Waals surface area contributed by atoms with Crippen LogP contribution in [0.3, 0.4) is 0 Å². The second-order valence-corrected chi connectivity index (χ2v) is 4.03. The summed E-state index contributed by atoms with van der Waals surface area (Å²) in [4.78, 5) is 2.02. The van der Waals surface area contributed by atoms with Crippen LogP contribution >= 0.6 is 0 Å². The highest BCUT2D eigenvalue weighted by Gasteiger charge is 2.37. The Kier molecular flexibility index (Phi) is 4.31. The molecule has 84 valence electrons. The Morgan fingerprint density at radius 3 is 2.64 bits per heavy atom. The summed E-state index contributed by atoms with van der Waals surface area (Å²) in [5, 5.41) is 9.96. The van der Waals surface area contributed by atoms with Crippen molar-refractivity contribution in [3.63, 3.8) is 0 Å². The molecule has 1 heterocycles. The molecule has 3 unspecified atom stereocenters. The first-order valence-corrected chi connectivity index (χ1v) is 5.17. The zero-order valence-electron chi connectivity index (χ0n) is 9.43. The Hall–Kier alpha value is -0.160. The monoisotopic (exact) mass is 203 g/mol. The molecule has 0 amide bonds. The highest BCUT2D eigenvalue weighted by atomic mass is 16.7. The number of nitrogens with zero attached hydrogens (tertiary/aromatic N) is 1. The fourth-order valence-corrected chi connectivity index (χ4v) is 1.84. The van der Waals surface area contributed by atoms with Gasteiger partial charge in [-0.3, -0.25) is 0 Å². The average Bonchev–Trinajstić information content (AvgIpc) is 2.10. The minimum atomic E-state index is -0.554. The zero-order chi connectivity index (χ0) is 10.7. The second kappa shape index (κ2) is 5.07. The van der Waals surface area contributed by atoms with E-state index < -0.39 is 12.4 Å². The molecule has 0 radical (unpaired) electrons. The van der Waals surface area contributed by atoms with Crippen molar-refractivity contribution in [1.82, 2.24) is 4.90 Å². The van der Waals surface area contributed by atoms with Crippen LogP contribution < -0.4 is 0 Å². The molecule has 14 heavy (non-hydrogen) atoms. The molecule has 0 saturated carbocycles. The van der Waals surface area contributed by atoms with Crippen molar-refractivity contribution in [3.8, 4) is 0 Å². The third-order valence-electron chi connectivity index (χ3n) is 2.61.